The zero-order valence-electron chi connectivity index (χ0n) is 12.0. The van der Waals surface area contributed by atoms with E-state index in [4.69, 9.17) is 11.6 Å². The van der Waals surface area contributed by atoms with Gasteiger partial charge in [-0.3, -0.25) is 0 Å². The number of halogens is 1. The SMILES string of the molecule is O=S(c1ccccc1)c1c2c(cc3ccc(Cl)cc13)CCC2. The Bertz CT molecular complexity index is 887. The average molecular weight is 327 g/mol. The topological polar surface area (TPSA) is 17.1 Å². The highest BCUT2D eigenvalue weighted by Crippen LogP contribution is 2.37. The summed E-state index contributed by atoms with van der Waals surface area (Å²) in [6, 6.07) is 17.8. The highest BCUT2D eigenvalue weighted by molar-refractivity contribution is 7.85. The third kappa shape index (κ3) is 2.27. The van der Waals surface area contributed by atoms with Gasteiger partial charge in [-0.25, -0.2) is 4.21 Å². The van der Waals surface area contributed by atoms with Crippen LogP contribution in [0.2, 0.25) is 5.02 Å². The molecule has 0 N–H and O–H groups in total. The summed E-state index contributed by atoms with van der Waals surface area (Å²) in [5.41, 5.74) is 2.60. The molecule has 0 saturated carbocycles. The highest BCUT2D eigenvalue weighted by atomic mass is 35.5. The summed E-state index contributed by atoms with van der Waals surface area (Å²) in [6.45, 7) is 0. The third-order valence-corrected chi connectivity index (χ3v) is 6.04. The second-order valence-electron chi connectivity index (χ2n) is 5.64. The maximum atomic E-state index is 13.2. The zero-order valence-corrected chi connectivity index (χ0v) is 13.6. The highest BCUT2D eigenvalue weighted by Gasteiger charge is 2.22. The first-order valence-corrected chi connectivity index (χ1v) is 8.97. The van der Waals surface area contributed by atoms with Gasteiger partial charge in [0.15, 0.2) is 0 Å². The fraction of sp³-hybridized carbons (Fsp3) is 0.158. The summed E-state index contributed by atoms with van der Waals surface area (Å²) < 4.78 is 13.2. The number of hydrogen-bond acceptors (Lipinski definition) is 1. The Labute approximate surface area is 137 Å². The molecule has 110 valence electrons. The maximum Gasteiger partial charge on any atom is 0.0858 e. The predicted molar refractivity (Wildman–Crippen MR) is 92.1 cm³/mol. The van der Waals surface area contributed by atoms with E-state index in [1.54, 1.807) is 0 Å². The van der Waals surface area contributed by atoms with Crippen LogP contribution < -0.4 is 0 Å². The van der Waals surface area contributed by atoms with Crippen molar-refractivity contribution in [1.29, 1.82) is 0 Å². The molecule has 1 unspecified atom stereocenters. The van der Waals surface area contributed by atoms with E-state index in [-0.39, 0.29) is 0 Å². The molecule has 22 heavy (non-hydrogen) atoms. The van der Waals surface area contributed by atoms with Crippen molar-refractivity contribution >= 4 is 33.2 Å². The minimum Gasteiger partial charge on any atom is -0.249 e. The number of hydrogen-bond donors (Lipinski definition) is 0. The first-order valence-electron chi connectivity index (χ1n) is 7.45. The molecule has 1 atom stereocenters. The summed E-state index contributed by atoms with van der Waals surface area (Å²) in [5, 5.41) is 2.84. The van der Waals surface area contributed by atoms with Crippen molar-refractivity contribution in [2.24, 2.45) is 0 Å². The van der Waals surface area contributed by atoms with Gasteiger partial charge in [0.1, 0.15) is 0 Å². The van der Waals surface area contributed by atoms with E-state index in [2.05, 4.69) is 6.07 Å². The summed E-state index contributed by atoms with van der Waals surface area (Å²) >= 11 is 6.19. The molecule has 3 aromatic carbocycles. The van der Waals surface area contributed by atoms with Gasteiger partial charge in [0, 0.05) is 9.92 Å². The van der Waals surface area contributed by atoms with Gasteiger partial charge in [-0.05, 0) is 65.4 Å². The van der Waals surface area contributed by atoms with Crippen LogP contribution in [0.15, 0.2) is 64.4 Å². The molecular formula is C19H15ClOS. The normalized spacial score (nSPS) is 15.0. The van der Waals surface area contributed by atoms with Gasteiger partial charge in [0.05, 0.1) is 15.7 Å². The number of fused-ring (bicyclic) bond motifs is 2. The van der Waals surface area contributed by atoms with Gasteiger partial charge < -0.3 is 0 Å². The molecule has 0 spiro atoms. The Kier molecular flexibility index (Phi) is 3.51. The molecule has 3 aromatic rings. The van der Waals surface area contributed by atoms with Gasteiger partial charge in [0.2, 0.25) is 0 Å². The van der Waals surface area contributed by atoms with Crippen LogP contribution in [0.25, 0.3) is 10.8 Å². The van der Waals surface area contributed by atoms with Crippen LogP contribution in [0.3, 0.4) is 0 Å². The van der Waals surface area contributed by atoms with E-state index in [9.17, 15) is 4.21 Å². The van der Waals surface area contributed by atoms with Gasteiger partial charge in [-0.15, -0.1) is 0 Å². The van der Waals surface area contributed by atoms with Crippen molar-refractivity contribution in [3.8, 4) is 0 Å². The fourth-order valence-corrected chi connectivity index (χ4v) is 4.91. The third-order valence-electron chi connectivity index (χ3n) is 4.27. The van der Waals surface area contributed by atoms with Gasteiger partial charge in [0.25, 0.3) is 0 Å². The van der Waals surface area contributed by atoms with Crippen LogP contribution in [0, 0.1) is 0 Å². The minimum absolute atomic E-state index is 0.691. The van der Waals surface area contributed by atoms with E-state index < -0.39 is 10.8 Å². The van der Waals surface area contributed by atoms with Crippen LogP contribution in [0.5, 0.6) is 0 Å². The molecule has 0 aliphatic heterocycles. The second-order valence-corrected chi connectivity index (χ2v) is 7.50. The first kappa shape index (κ1) is 14.0. The lowest BCUT2D eigenvalue weighted by molar-refractivity contribution is 0.683. The molecule has 4 rings (SSSR count). The second kappa shape index (κ2) is 5.53. The van der Waals surface area contributed by atoms with E-state index >= 15 is 0 Å². The smallest absolute Gasteiger partial charge is 0.0858 e. The average Bonchev–Trinajstić information content (AvgIpc) is 3.01. The van der Waals surface area contributed by atoms with Crippen LogP contribution in [0.4, 0.5) is 0 Å². The first-order chi connectivity index (χ1) is 10.7. The molecule has 0 fully saturated rings. The number of benzene rings is 3. The van der Waals surface area contributed by atoms with Crippen LogP contribution in [0.1, 0.15) is 17.5 Å². The Morgan fingerprint density at radius 1 is 0.955 bits per heavy atom. The Balaban J connectivity index is 2.03. The van der Waals surface area contributed by atoms with Crippen molar-refractivity contribution in [2.75, 3.05) is 0 Å². The van der Waals surface area contributed by atoms with Crippen molar-refractivity contribution in [3.05, 3.63) is 70.7 Å². The summed E-state index contributed by atoms with van der Waals surface area (Å²) in [4.78, 5) is 1.81. The van der Waals surface area contributed by atoms with Crippen molar-refractivity contribution in [2.45, 2.75) is 29.1 Å². The summed E-state index contributed by atoms with van der Waals surface area (Å²) in [7, 11) is -1.17. The number of rotatable bonds is 2. The number of aryl methyl sites for hydroxylation is 1. The minimum atomic E-state index is -1.17. The molecule has 1 aliphatic carbocycles. The molecule has 0 radical (unpaired) electrons. The lowest BCUT2D eigenvalue weighted by Gasteiger charge is -2.13. The van der Waals surface area contributed by atoms with Gasteiger partial charge in [-0.1, -0.05) is 41.9 Å². The zero-order chi connectivity index (χ0) is 15.1. The Morgan fingerprint density at radius 3 is 2.59 bits per heavy atom. The van der Waals surface area contributed by atoms with E-state index in [0.29, 0.717) is 5.02 Å². The Hall–Kier alpha value is -1.64. The van der Waals surface area contributed by atoms with Crippen molar-refractivity contribution in [1.82, 2.24) is 0 Å². The molecule has 0 aromatic heterocycles. The molecule has 0 saturated heterocycles. The predicted octanol–water partition coefficient (Wildman–Crippen LogP) is 5.15. The van der Waals surface area contributed by atoms with Crippen LogP contribution in [-0.4, -0.2) is 4.21 Å². The van der Waals surface area contributed by atoms with Gasteiger partial charge in [-0.2, -0.15) is 0 Å². The quantitative estimate of drug-likeness (QED) is 0.636. The molecule has 1 nitrogen and oxygen atoms in total. The molecule has 3 heteroatoms. The van der Waals surface area contributed by atoms with Crippen LogP contribution in [-0.2, 0) is 23.6 Å². The summed E-state index contributed by atoms with van der Waals surface area (Å²) in [5.74, 6) is 0. The molecule has 0 bridgehead atoms. The monoisotopic (exact) mass is 326 g/mol. The van der Waals surface area contributed by atoms with Crippen molar-refractivity contribution in [3.63, 3.8) is 0 Å². The van der Waals surface area contributed by atoms with E-state index in [1.165, 1.54) is 11.1 Å². The lowest BCUT2D eigenvalue weighted by Crippen LogP contribution is -2.00. The largest absolute Gasteiger partial charge is 0.249 e. The van der Waals surface area contributed by atoms with E-state index in [0.717, 1.165) is 39.8 Å². The maximum absolute atomic E-state index is 13.2. The molecule has 1 aliphatic rings. The fourth-order valence-electron chi connectivity index (χ4n) is 3.26. The lowest BCUT2D eigenvalue weighted by atomic mass is 10.0. The van der Waals surface area contributed by atoms with Crippen molar-refractivity contribution < 1.29 is 4.21 Å². The van der Waals surface area contributed by atoms with E-state index in [1.807, 2.05) is 48.5 Å². The molecule has 0 amide bonds. The standard InChI is InChI=1S/C19H15ClOS/c20-15-10-9-14-11-13-5-4-8-17(13)19(18(14)12-15)22(21)16-6-2-1-3-7-16/h1-3,6-7,9-12H,4-5,8H2. The van der Waals surface area contributed by atoms with Gasteiger partial charge >= 0.3 is 0 Å². The Morgan fingerprint density at radius 2 is 1.77 bits per heavy atom. The summed E-state index contributed by atoms with van der Waals surface area (Å²) in [6.07, 6.45) is 3.22. The van der Waals surface area contributed by atoms with Crippen LogP contribution >= 0.6 is 11.6 Å². The molecule has 0 heterocycles. The molecular weight excluding hydrogens is 312 g/mol.